The first-order valence-corrected chi connectivity index (χ1v) is 14.7. The Morgan fingerprint density at radius 3 is 2.29 bits per heavy atom. The summed E-state index contributed by atoms with van der Waals surface area (Å²) in [4.78, 5) is 28.5. The Labute approximate surface area is 230 Å². The van der Waals surface area contributed by atoms with E-state index in [4.69, 9.17) is 4.74 Å². The van der Waals surface area contributed by atoms with Gasteiger partial charge in [0.25, 0.3) is 5.91 Å². The minimum absolute atomic E-state index is 0.0911. The zero-order chi connectivity index (χ0) is 26.7. The van der Waals surface area contributed by atoms with Crippen LogP contribution >= 0.6 is 15.9 Å². The first-order valence-electron chi connectivity index (χ1n) is 12.5. The molecular formula is C28H28BrN3O5S. The second-order valence-corrected chi connectivity index (χ2v) is 12.2. The molecule has 0 bridgehead atoms. The molecule has 2 aliphatic heterocycles. The van der Waals surface area contributed by atoms with Crippen LogP contribution in [-0.2, 0) is 26.2 Å². The molecule has 0 aliphatic carbocycles. The summed E-state index contributed by atoms with van der Waals surface area (Å²) in [5.41, 5.74) is 1.59. The number of piperidine rings is 1. The van der Waals surface area contributed by atoms with Crippen molar-refractivity contribution in [2.24, 2.45) is 5.92 Å². The summed E-state index contributed by atoms with van der Waals surface area (Å²) >= 11 is 3.33. The molecule has 0 unspecified atom stereocenters. The molecule has 1 N–H and O–H groups in total. The first kappa shape index (κ1) is 26.4. The smallest absolute Gasteiger partial charge is 0.263 e. The van der Waals surface area contributed by atoms with E-state index in [0.29, 0.717) is 30.8 Å². The van der Waals surface area contributed by atoms with Gasteiger partial charge in [0.15, 0.2) is 6.10 Å². The van der Waals surface area contributed by atoms with Crippen molar-refractivity contribution in [2.75, 3.05) is 24.5 Å². The third-order valence-electron chi connectivity index (χ3n) is 6.90. The molecule has 0 saturated carbocycles. The van der Waals surface area contributed by atoms with Crippen LogP contribution in [0.25, 0.3) is 0 Å². The Morgan fingerprint density at radius 1 is 0.921 bits per heavy atom. The number of rotatable bonds is 6. The predicted octanol–water partition coefficient (Wildman–Crippen LogP) is 3.96. The van der Waals surface area contributed by atoms with Gasteiger partial charge in [0.2, 0.25) is 15.9 Å². The predicted molar refractivity (Wildman–Crippen MR) is 147 cm³/mol. The lowest BCUT2D eigenvalue weighted by Gasteiger charge is -2.38. The van der Waals surface area contributed by atoms with E-state index in [1.54, 1.807) is 47.4 Å². The van der Waals surface area contributed by atoms with Gasteiger partial charge in [-0.05, 0) is 54.8 Å². The molecule has 2 heterocycles. The van der Waals surface area contributed by atoms with Crippen molar-refractivity contribution in [3.63, 3.8) is 0 Å². The van der Waals surface area contributed by atoms with Crippen LogP contribution in [0.15, 0.2) is 88.2 Å². The van der Waals surface area contributed by atoms with Crippen LogP contribution in [0, 0.1) is 5.92 Å². The highest BCUT2D eigenvalue weighted by atomic mass is 79.9. The molecule has 1 fully saturated rings. The van der Waals surface area contributed by atoms with Crippen molar-refractivity contribution >= 4 is 43.5 Å². The molecule has 10 heteroatoms. The van der Waals surface area contributed by atoms with Crippen LogP contribution in [0.2, 0.25) is 0 Å². The molecule has 3 aromatic carbocycles. The molecule has 1 saturated heterocycles. The summed E-state index contributed by atoms with van der Waals surface area (Å²) in [6, 6.07) is 23.3. The molecule has 0 spiro atoms. The number of fused-ring (bicyclic) bond motifs is 1. The van der Waals surface area contributed by atoms with Gasteiger partial charge in [-0.2, -0.15) is 4.31 Å². The molecule has 5 rings (SSSR count). The molecule has 38 heavy (non-hydrogen) atoms. The summed E-state index contributed by atoms with van der Waals surface area (Å²) in [5.74, 6) is -0.299. The van der Waals surface area contributed by atoms with Gasteiger partial charge in [-0.1, -0.05) is 58.4 Å². The Kier molecular flexibility index (Phi) is 7.83. The zero-order valence-corrected chi connectivity index (χ0v) is 23.0. The van der Waals surface area contributed by atoms with Crippen LogP contribution < -0.4 is 15.0 Å². The highest BCUT2D eigenvalue weighted by Gasteiger charge is 2.39. The van der Waals surface area contributed by atoms with E-state index in [-0.39, 0.29) is 42.3 Å². The normalized spacial score (nSPS) is 18.3. The van der Waals surface area contributed by atoms with Crippen molar-refractivity contribution in [3.8, 4) is 5.75 Å². The molecule has 3 aromatic rings. The molecule has 198 valence electrons. The lowest BCUT2D eigenvalue weighted by atomic mass is 9.95. The number of carbonyl (C=O) groups is 2. The van der Waals surface area contributed by atoms with Gasteiger partial charge in [0.05, 0.1) is 17.1 Å². The number of halogens is 1. The molecule has 0 aromatic heterocycles. The third kappa shape index (κ3) is 5.62. The Morgan fingerprint density at radius 2 is 1.58 bits per heavy atom. The fraction of sp³-hybridized carbons (Fsp3) is 0.286. The Bertz CT molecular complexity index is 1410. The molecule has 2 amide bonds. The van der Waals surface area contributed by atoms with Crippen molar-refractivity contribution in [1.29, 1.82) is 0 Å². The van der Waals surface area contributed by atoms with Crippen LogP contribution in [-0.4, -0.2) is 50.3 Å². The molecular weight excluding hydrogens is 570 g/mol. The number of carbonyl (C=O) groups excluding carboxylic acids is 2. The van der Waals surface area contributed by atoms with Gasteiger partial charge in [-0.25, -0.2) is 8.42 Å². The number of nitrogens with zero attached hydrogens (tertiary/aromatic N) is 2. The number of ether oxygens (including phenoxy) is 1. The van der Waals surface area contributed by atoms with E-state index in [0.717, 1.165) is 10.0 Å². The summed E-state index contributed by atoms with van der Waals surface area (Å²) in [6.07, 6.45) is -0.0479. The van der Waals surface area contributed by atoms with Crippen LogP contribution in [0.5, 0.6) is 5.75 Å². The second-order valence-electron chi connectivity index (χ2n) is 9.36. The maximum Gasteiger partial charge on any atom is 0.263 e. The topological polar surface area (TPSA) is 96.0 Å². The number of anilines is 1. The highest BCUT2D eigenvalue weighted by Crippen LogP contribution is 2.36. The van der Waals surface area contributed by atoms with Gasteiger partial charge in [0, 0.05) is 30.0 Å². The number of benzene rings is 3. The summed E-state index contributed by atoms with van der Waals surface area (Å²) in [7, 11) is -3.64. The van der Waals surface area contributed by atoms with E-state index < -0.39 is 16.1 Å². The lowest BCUT2D eigenvalue weighted by Crippen LogP contribution is -2.53. The molecule has 1 atom stereocenters. The van der Waals surface area contributed by atoms with E-state index in [2.05, 4.69) is 21.2 Å². The number of sulfonamides is 1. The van der Waals surface area contributed by atoms with E-state index in [9.17, 15) is 18.0 Å². The van der Waals surface area contributed by atoms with E-state index in [1.165, 1.54) is 4.31 Å². The minimum Gasteiger partial charge on any atom is -0.477 e. The van der Waals surface area contributed by atoms with Gasteiger partial charge < -0.3 is 15.0 Å². The molecule has 8 nitrogen and oxygen atoms in total. The van der Waals surface area contributed by atoms with Gasteiger partial charge in [-0.3, -0.25) is 9.59 Å². The fourth-order valence-electron chi connectivity index (χ4n) is 4.80. The Balaban J connectivity index is 1.26. The largest absolute Gasteiger partial charge is 0.477 e. The van der Waals surface area contributed by atoms with Gasteiger partial charge >= 0.3 is 0 Å². The van der Waals surface area contributed by atoms with E-state index >= 15 is 0 Å². The van der Waals surface area contributed by atoms with Gasteiger partial charge in [-0.15, -0.1) is 0 Å². The zero-order valence-electron chi connectivity index (χ0n) is 20.6. The number of hydrogen-bond donors (Lipinski definition) is 1. The number of amides is 2. The van der Waals surface area contributed by atoms with Gasteiger partial charge in [0.1, 0.15) is 5.75 Å². The monoisotopic (exact) mass is 597 g/mol. The summed E-state index contributed by atoms with van der Waals surface area (Å²) in [6.45, 7) is 0.956. The van der Waals surface area contributed by atoms with Crippen molar-refractivity contribution < 1.29 is 22.7 Å². The standard InChI is InChI=1S/C28H28BrN3O5S/c29-22-10-12-23(13-11-22)38(35,36)31-16-14-21(15-17-31)28(34)32-19-26(37-25-9-5-4-8-24(25)32)27(33)30-18-20-6-2-1-3-7-20/h1-13,21,26H,14-19H2,(H,30,33)/t26-/m1/s1. The van der Waals surface area contributed by atoms with Crippen molar-refractivity contribution in [3.05, 3.63) is 88.9 Å². The first-order chi connectivity index (χ1) is 18.3. The minimum atomic E-state index is -3.64. The number of nitrogens with one attached hydrogen (secondary N) is 1. The fourth-order valence-corrected chi connectivity index (χ4v) is 6.53. The maximum absolute atomic E-state index is 13.7. The average molecular weight is 599 g/mol. The van der Waals surface area contributed by atoms with Crippen LogP contribution in [0.3, 0.4) is 0 Å². The van der Waals surface area contributed by atoms with Crippen molar-refractivity contribution in [2.45, 2.75) is 30.4 Å². The van der Waals surface area contributed by atoms with Crippen LogP contribution in [0.1, 0.15) is 18.4 Å². The lowest BCUT2D eigenvalue weighted by molar-refractivity contribution is -0.129. The molecule has 2 aliphatic rings. The van der Waals surface area contributed by atoms with Crippen LogP contribution in [0.4, 0.5) is 5.69 Å². The van der Waals surface area contributed by atoms with E-state index in [1.807, 2.05) is 36.4 Å². The SMILES string of the molecule is O=C(NCc1ccccc1)[C@H]1CN(C(=O)C2CCN(S(=O)(=O)c3ccc(Br)cc3)CC2)c2ccccc2O1. The number of hydrogen-bond acceptors (Lipinski definition) is 5. The second kappa shape index (κ2) is 11.3. The summed E-state index contributed by atoms with van der Waals surface area (Å²) < 4.78 is 34.4. The summed E-state index contributed by atoms with van der Waals surface area (Å²) in [5, 5.41) is 2.90. The third-order valence-corrected chi connectivity index (χ3v) is 9.34. The highest BCUT2D eigenvalue weighted by molar-refractivity contribution is 9.10. The average Bonchev–Trinajstić information content (AvgIpc) is 2.95. The van der Waals surface area contributed by atoms with Crippen molar-refractivity contribution in [1.82, 2.24) is 9.62 Å². The number of para-hydroxylation sites is 2. The maximum atomic E-state index is 13.7. The Hall–Kier alpha value is -3.21. The molecule has 0 radical (unpaired) electrons. The quantitative estimate of drug-likeness (QED) is 0.464.